The van der Waals surface area contributed by atoms with Gasteiger partial charge in [-0.15, -0.1) is 0 Å². The molecule has 1 unspecified atom stereocenters. The van der Waals surface area contributed by atoms with Crippen molar-refractivity contribution < 1.29 is 9.47 Å². The summed E-state index contributed by atoms with van der Waals surface area (Å²) in [5.41, 5.74) is 8.64. The lowest BCUT2D eigenvalue weighted by atomic mass is 9.87. The van der Waals surface area contributed by atoms with E-state index in [1.54, 1.807) is 7.11 Å². The number of halogens is 1. The Labute approximate surface area is 125 Å². The summed E-state index contributed by atoms with van der Waals surface area (Å²) in [6, 6.07) is 3.98. The zero-order chi connectivity index (χ0) is 14.2. The van der Waals surface area contributed by atoms with Crippen LogP contribution in [0.1, 0.15) is 36.8 Å². The highest BCUT2D eigenvalue weighted by molar-refractivity contribution is 6.30. The summed E-state index contributed by atoms with van der Waals surface area (Å²) < 4.78 is 11.5. The molecule has 2 N–H and O–H groups in total. The van der Waals surface area contributed by atoms with Crippen LogP contribution in [0.5, 0.6) is 5.75 Å². The Bertz CT molecular complexity index is 497. The topological polar surface area (TPSA) is 44.5 Å². The molecular formula is C16H22ClNO2. The minimum absolute atomic E-state index is 0.0123. The average molecular weight is 296 g/mol. The molecular weight excluding hydrogens is 274 g/mol. The molecule has 1 aliphatic carbocycles. The first-order valence-electron chi connectivity index (χ1n) is 7.39. The van der Waals surface area contributed by atoms with E-state index in [2.05, 4.69) is 0 Å². The van der Waals surface area contributed by atoms with E-state index in [1.165, 1.54) is 18.4 Å². The second kappa shape index (κ2) is 5.55. The number of ether oxygens (including phenoxy) is 2. The van der Waals surface area contributed by atoms with Gasteiger partial charge in [0.1, 0.15) is 5.75 Å². The van der Waals surface area contributed by atoms with Crippen LogP contribution in [0.15, 0.2) is 12.1 Å². The first-order chi connectivity index (χ1) is 9.64. The number of fused-ring (bicyclic) bond motifs is 1. The minimum atomic E-state index is -0.173. The number of hydrogen-bond donors (Lipinski definition) is 1. The van der Waals surface area contributed by atoms with Gasteiger partial charge in [-0.2, -0.15) is 0 Å². The van der Waals surface area contributed by atoms with Gasteiger partial charge in [-0.3, -0.25) is 0 Å². The van der Waals surface area contributed by atoms with Gasteiger partial charge in [-0.05, 0) is 42.5 Å². The van der Waals surface area contributed by atoms with Crippen molar-refractivity contribution in [3.05, 3.63) is 28.3 Å². The molecule has 1 heterocycles. The first kappa shape index (κ1) is 14.2. The predicted molar refractivity (Wildman–Crippen MR) is 80.5 cm³/mol. The summed E-state index contributed by atoms with van der Waals surface area (Å²) in [6.07, 6.45) is 6.20. The van der Waals surface area contributed by atoms with Crippen molar-refractivity contribution >= 4 is 11.6 Å². The van der Waals surface area contributed by atoms with E-state index in [0.717, 1.165) is 48.6 Å². The quantitative estimate of drug-likeness (QED) is 0.928. The van der Waals surface area contributed by atoms with Gasteiger partial charge < -0.3 is 15.2 Å². The highest BCUT2D eigenvalue weighted by atomic mass is 35.5. The van der Waals surface area contributed by atoms with Crippen LogP contribution < -0.4 is 10.5 Å². The number of hydrogen-bond acceptors (Lipinski definition) is 3. The molecule has 1 aromatic carbocycles. The van der Waals surface area contributed by atoms with Crippen LogP contribution in [-0.4, -0.2) is 25.4 Å². The van der Waals surface area contributed by atoms with Crippen molar-refractivity contribution in [1.82, 2.24) is 0 Å². The Morgan fingerprint density at radius 1 is 1.40 bits per heavy atom. The van der Waals surface area contributed by atoms with Crippen molar-refractivity contribution in [1.29, 1.82) is 0 Å². The average Bonchev–Trinajstić information content (AvgIpc) is 3.07. The molecule has 1 atom stereocenters. The molecule has 2 aliphatic rings. The summed E-state index contributed by atoms with van der Waals surface area (Å²) in [7, 11) is 1.78. The third-order valence-corrected chi connectivity index (χ3v) is 5.02. The zero-order valence-corrected chi connectivity index (χ0v) is 12.7. The standard InChI is InChI=1S/C16H22ClNO2/c1-19-16(5-2-3-6-16)14(18)10-12-9-13(17)8-11-4-7-20-15(11)12/h8-9,14H,2-7,10,18H2,1H3. The van der Waals surface area contributed by atoms with Gasteiger partial charge in [0.2, 0.25) is 0 Å². The fraction of sp³-hybridized carbons (Fsp3) is 0.625. The smallest absolute Gasteiger partial charge is 0.125 e. The van der Waals surface area contributed by atoms with E-state index in [1.807, 2.05) is 12.1 Å². The highest BCUT2D eigenvalue weighted by Gasteiger charge is 2.40. The van der Waals surface area contributed by atoms with E-state index in [-0.39, 0.29) is 11.6 Å². The number of benzene rings is 1. The Morgan fingerprint density at radius 2 is 2.15 bits per heavy atom. The van der Waals surface area contributed by atoms with E-state index < -0.39 is 0 Å². The molecule has 0 spiro atoms. The highest BCUT2D eigenvalue weighted by Crippen LogP contribution is 2.39. The third kappa shape index (κ3) is 2.43. The van der Waals surface area contributed by atoms with Gasteiger partial charge in [0.05, 0.1) is 12.2 Å². The van der Waals surface area contributed by atoms with Crippen molar-refractivity contribution in [2.24, 2.45) is 5.73 Å². The summed E-state index contributed by atoms with van der Waals surface area (Å²) in [5.74, 6) is 0.995. The molecule has 1 saturated carbocycles. The summed E-state index contributed by atoms with van der Waals surface area (Å²) in [6.45, 7) is 0.743. The van der Waals surface area contributed by atoms with Crippen molar-refractivity contribution in [2.75, 3.05) is 13.7 Å². The minimum Gasteiger partial charge on any atom is -0.493 e. The largest absolute Gasteiger partial charge is 0.493 e. The van der Waals surface area contributed by atoms with Crippen LogP contribution in [-0.2, 0) is 17.6 Å². The fourth-order valence-electron chi connectivity index (χ4n) is 3.62. The second-order valence-corrected chi connectivity index (χ2v) is 6.37. The van der Waals surface area contributed by atoms with E-state index >= 15 is 0 Å². The molecule has 110 valence electrons. The molecule has 1 aliphatic heterocycles. The van der Waals surface area contributed by atoms with Gasteiger partial charge in [-0.1, -0.05) is 24.4 Å². The summed E-state index contributed by atoms with van der Waals surface area (Å²) in [4.78, 5) is 0. The molecule has 4 heteroatoms. The Balaban J connectivity index is 1.84. The fourth-order valence-corrected chi connectivity index (χ4v) is 3.88. The lowest BCUT2D eigenvalue weighted by Gasteiger charge is -2.34. The van der Waals surface area contributed by atoms with Gasteiger partial charge in [-0.25, -0.2) is 0 Å². The monoisotopic (exact) mass is 295 g/mol. The first-order valence-corrected chi connectivity index (χ1v) is 7.77. The normalized spacial score (nSPS) is 21.6. The Kier molecular flexibility index (Phi) is 3.93. The number of methoxy groups -OCH3 is 1. The van der Waals surface area contributed by atoms with E-state index in [9.17, 15) is 0 Å². The number of nitrogens with two attached hydrogens (primary N) is 1. The van der Waals surface area contributed by atoms with Crippen molar-refractivity contribution in [3.8, 4) is 5.75 Å². The molecule has 1 fully saturated rings. The van der Waals surface area contributed by atoms with E-state index in [4.69, 9.17) is 26.8 Å². The molecule has 0 saturated heterocycles. The molecule has 3 rings (SSSR count). The Morgan fingerprint density at radius 3 is 2.85 bits per heavy atom. The third-order valence-electron chi connectivity index (χ3n) is 4.80. The number of rotatable bonds is 4. The van der Waals surface area contributed by atoms with Crippen LogP contribution in [0.2, 0.25) is 5.02 Å². The van der Waals surface area contributed by atoms with Gasteiger partial charge in [0.25, 0.3) is 0 Å². The lowest BCUT2D eigenvalue weighted by Crippen LogP contribution is -2.48. The van der Waals surface area contributed by atoms with Crippen LogP contribution in [0.4, 0.5) is 0 Å². The van der Waals surface area contributed by atoms with Crippen molar-refractivity contribution in [2.45, 2.75) is 50.2 Å². The zero-order valence-electron chi connectivity index (χ0n) is 12.0. The lowest BCUT2D eigenvalue weighted by molar-refractivity contribution is -0.0254. The molecule has 3 nitrogen and oxygen atoms in total. The molecule has 0 amide bonds. The van der Waals surface area contributed by atoms with Gasteiger partial charge >= 0.3 is 0 Å². The summed E-state index contributed by atoms with van der Waals surface area (Å²) in [5, 5.41) is 0.773. The SMILES string of the molecule is COC1(C(N)Cc2cc(Cl)cc3c2OCC3)CCCC1. The van der Waals surface area contributed by atoms with E-state index in [0.29, 0.717) is 0 Å². The Hall–Kier alpha value is -0.770. The maximum Gasteiger partial charge on any atom is 0.125 e. The van der Waals surface area contributed by atoms with Gasteiger partial charge in [0.15, 0.2) is 0 Å². The second-order valence-electron chi connectivity index (χ2n) is 5.94. The molecule has 1 aromatic rings. The molecule has 0 bridgehead atoms. The van der Waals surface area contributed by atoms with Crippen LogP contribution in [0.3, 0.4) is 0 Å². The molecule has 0 radical (unpaired) electrons. The van der Waals surface area contributed by atoms with Crippen LogP contribution >= 0.6 is 11.6 Å². The maximum absolute atomic E-state index is 6.48. The van der Waals surface area contributed by atoms with Crippen molar-refractivity contribution in [3.63, 3.8) is 0 Å². The van der Waals surface area contributed by atoms with Gasteiger partial charge in [0, 0.05) is 24.6 Å². The predicted octanol–water partition coefficient (Wildman–Crippen LogP) is 3.10. The van der Waals surface area contributed by atoms with Crippen LogP contribution in [0.25, 0.3) is 0 Å². The molecule has 20 heavy (non-hydrogen) atoms. The summed E-state index contributed by atoms with van der Waals surface area (Å²) >= 11 is 6.21. The molecule has 0 aromatic heterocycles. The maximum atomic E-state index is 6.48. The van der Waals surface area contributed by atoms with Crippen LogP contribution in [0, 0.1) is 0 Å².